The molecule has 1 aliphatic carbocycles. The van der Waals surface area contributed by atoms with E-state index in [1.807, 2.05) is 0 Å². The van der Waals surface area contributed by atoms with Crippen molar-refractivity contribution < 1.29 is 0 Å². The number of benzene rings is 2. The fourth-order valence-corrected chi connectivity index (χ4v) is 3.38. The van der Waals surface area contributed by atoms with Crippen LogP contribution in [-0.4, -0.2) is 0 Å². The van der Waals surface area contributed by atoms with Crippen LogP contribution in [0.3, 0.4) is 0 Å². The van der Waals surface area contributed by atoms with Gasteiger partial charge in [-0.05, 0) is 36.0 Å². The van der Waals surface area contributed by atoms with Gasteiger partial charge in [0.2, 0.25) is 0 Å². The summed E-state index contributed by atoms with van der Waals surface area (Å²) in [5, 5.41) is 0. The monoisotopic (exact) mass is 288 g/mol. The van der Waals surface area contributed by atoms with Crippen LogP contribution in [0.25, 0.3) is 0 Å². The van der Waals surface area contributed by atoms with Gasteiger partial charge in [-0.3, -0.25) is 0 Å². The number of rotatable bonds is 4. The molecule has 0 heteroatoms. The zero-order valence-corrected chi connectivity index (χ0v) is 13.7. The first kappa shape index (κ1) is 14.8. The van der Waals surface area contributed by atoms with Crippen LogP contribution in [0.4, 0.5) is 0 Å². The van der Waals surface area contributed by atoms with Gasteiger partial charge < -0.3 is 0 Å². The zero-order chi connectivity index (χ0) is 15.6. The molecule has 0 spiro atoms. The van der Waals surface area contributed by atoms with Crippen molar-refractivity contribution in [3.8, 4) is 0 Å². The molecule has 0 aromatic heterocycles. The lowest BCUT2D eigenvalue weighted by Gasteiger charge is -2.33. The topological polar surface area (TPSA) is 0 Å². The SMILES string of the molecule is CC(C)C1=CCC(C(C)(c2ccccc2)c2ccccc2)=C1. The fourth-order valence-electron chi connectivity index (χ4n) is 3.38. The molecule has 0 bridgehead atoms. The second kappa shape index (κ2) is 5.96. The second-order valence-corrected chi connectivity index (χ2v) is 6.59. The third kappa shape index (κ3) is 2.54. The number of hydrogen-bond acceptors (Lipinski definition) is 0. The van der Waals surface area contributed by atoms with Gasteiger partial charge >= 0.3 is 0 Å². The van der Waals surface area contributed by atoms with E-state index in [1.54, 1.807) is 0 Å². The molecule has 2 aromatic carbocycles. The van der Waals surface area contributed by atoms with Gasteiger partial charge in [0.25, 0.3) is 0 Å². The average molecular weight is 288 g/mol. The fraction of sp³-hybridized carbons (Fsp3) is 0.273. The quantitative estimate of drug-likeness (QED) is 0.656. The third-order valence-corrected chi connectivity index (χ3v) is 4.91. The Morgan fingerprint density at radius 3 is 1.73 bits per heavy atom. The lowest BCUT2D eigenvalue weighted by atomic mass is 9.70. The Morgan fingerprint density at radius 1 is 0.818 bits per heavy atom. The molecule has 0 saturated carbocycles. The Hall–Kier alpha value is -2.08. The summed E-state index contributed by atoms with van der Waals surface area (Å²) < 4.78 is 0. The van der Waals surface area contributed by atoms with E-state index in [1.165, 1.54) is 22.3 Å². The summed E-state index contributed by atoms with van der Waals surface area (Å²) in [5.41, 5.74) is 5.63. The molecule has 0 atom stereocenters. The molecule has 22 heavy (non-hydrogen) atoms. The molecule has 0 heterocycles. The molecule has 0 unspecified atom stereocenters. The molecule has 0 amide bonds. The Morgan fingerprint density at radius 2 is 1.32 bits per heavy atom. The van der Waals surface area contributed by atoms with E-state index >= 15 is 0 Å². The molecule has 0 radical (unpaired) electrons. The molecular formula is C22H24. The van der Waals surface area contributed by atoms with E-state index in [2.05, 4.69) is 93.6 Å². The lowest BCUT2D eigenvalue weighted by molar-refractivity contribution is 0.661. The van der Waals surface area contributed by atoms with Gasteiger partial charge in [-0.1, -0.05) is 92.2 Å². The molecule has 1 aliphatic rings. The Bertz CT molecular complexity index is 648. The van der Waals surface area contributed by atoms with Gasteiger partial charge in [-0.2, -0.15) is 0 Å². The van der Waals surface area contributed by atoms with Crippen LogP contribution in [0, 0.1) is 5.92 Å². The van der Waals surface area contributed by atoms with E-state index in [9.17, 15) is 0 Å². The summed E-state index contributed by atoms with van der Waals surface area (Å²) in [7, 11) is 0. The molecule has 112 valence electrons. The minimum absolute atomic E-state index is 0.0599. The first-order valence-corrected chi connectivity index (χ1v) is 8.14. The highest BCUT2D eigenvalue weighted by molar-refractivity contribution is 5.52. The summed E-state index contributed by atoms with van der Waals surface area (Å²) >= 11 is 0. The maximum atomic E-state index is 2.42. The van der Waals surface area contributed by atoms with E-state index < -0.39 is 0 Å². The summed E-state index contributed by atoms with van der Waals surface area (Å²) in [4.78, 5) is 0. The van der Waals surface area contributed by atoms with Crippen molar-refractivity contribution in [3.05, 3.63) is 95.1 Å². The van der Waals surface area contributed by atoms with Crippen LogP contribution in [0.1, 0.15) is 38.3 Å². The summed E-state index contributed by atoms with van der Waals surface area (Å²) in [5.74, 6) is 0.591. The van der Waals surface area contributed by atoms with Crippen molar-refractivity contribution in [2.45, 2.75) is 32.6 Å². The second-order valence-electron chi connectivity index (χ2n) is 6.59. The smallest absolute Gasteiger partial charge is 0.0389 e. The largest absolute Gasteiger partial charge is 0.0769 e. The van der Waals surface area contributed by atoms with Crippen molar-refractivity contribution >= 4 is 0 Å². The normalized spacial score (nSPS) is 14.9. The van der Waals surface area contributed by atoms with Crippen LogP contribution in [-0.2, 0) is 5.41 Å². The van der Waals surface area contributed by atoms with Gasteiger partial charge in [-0.15, -0.1) is 0 Å². The van der Waals surface area contributed by atoms with Gasteiger partial charge in [0, 0.05) is 5.41 Å². The van der Waals surface area contributed by atoms with E-state index in [0.717, 1.165) is 6.42 Å². The van der Waals surface area contributed by atoms with E-state index in [4.69, 9.17) is 0 Å². The highest BCUT2D eigenvalue weighted by Gasteiger charge is 2.34. The van der Waals surface area contributed by atoms with Crippen LogP contribution >= 0.6 is 0 Å². The highest BCUT2D eigenvalue weighted by atomic mass is 14.4. The minimum atomic E-state index is -0.0599. The number of allylic oxidation sites excluding steroid dienone is 4. The van der Waals surface area contributed by atoms with Gasteiger partial charge in [-0.25, -0.2) is 0 Å². The molecular weight excluding hydrogens is 264 g/mol. The molecule has 3 rings (SSSR count). The average Bonchev–Trinajstić information content (AvgIpc) is 3.06. The van der Waals surface area contributed by atoms with Crippen LogP contribution in [0.5, 0.6) is 0 Å². The molecule has 0 fully saturated rings. The Balaban J connectivity index is 2.12. The maximum absolute atomic E-state index is 2.42. The van der Waals surface area contributed by atoms with Crippen molar-refractivity contribution in [3.63, 3.8) is 0 Å². The number of hydrogen-bond donors (Lipinski definition) is 0. The van der Waals surface area contributed by atoms with Crippen molar-refractivity contribution in [2.24, 2.45) is 5.92 Å². The lowest BCUT2D eigenvalue weighted by Crippen LogP contribution is -2.25. The maximum Gasteiger partial charge on any atom is 0.0389 e. The first-order valence-electron chi connectivity index (χ1n) is 8.14. The van der Waals surface area contributed by atoms with Crippen LogP contribution in [0.2, 0.25) is 0 Å². The van der Waals surface area contributed by atoms with Crippen molar-refractivity contribution in [1.29, 1.82) is 0 Å². The zero-order valence-electron chi connectivity index (χ0n) is 13.7. The van der Waals surface area contributed by atoms with Crippen molar-refractivity contribution in [2.75, 3.05) is 0 Å². The van der Waals surface area contributed by atoms with Crippen LogP contribution < -0.4 is 0 Å². The van der Waals surface area contributed by atoms with Crippen molar-refractivity contribution in [1.82, 2.24) is 0 Å². The van der Waals surface area contributed by atoms with E-state index in [0.29, 0.717) is 5.92 Å². The van der Waals surface area contributed by atoms with Gasteiger partial charge in [0.1, 0.15) is 0 Å². The third-order valence-electron chi connectivity index (χ3n) is 4.91. The predicted octanol–water partition coefficient (Wildman–Crippen LogP) is 5.91. The summed E-state index contributed by atoms with van der Waals surface area (Å²) in [6.45, 7) is 6.90. The Labute approximate surface area is 134 Å². The van der Waals surface area contributed by atoms with E-state index in [-0.39, 0.29) is 5.41 Å². The predicted molar refractivity (Wildman–Crippen MR) is 95.0 cm³/mol. The molecule has 0 N–H and O–H groups in total. The molecule has 0 nitrogen and oxygen atoms in total. The molecule has 0 aliphatic heterocycles. The van der Waals surface area contributed by atoms with Gasteiger partial charge in [0.05, 0.1) is 0 Å². The van der Waals surface area contributed by atoms with Gasteiger partial charge in [0.15, 0.2) is 0 Å². The molecule has 0 saturated heterocycles. The minimum Gasteiger partial charge on any atom is -0.0769 e. The van der Waals surface area contributed by atoms with Crippen LogP contribution in [0.15, 0.2) is 84.0 Å². The summed E-state index contributed by atoms with van der Waals surface area (Å²) in [6, 6.07) is 21.8. The highest BCUT2D eigenvalue weighted by Crippen LogP contribution is 2.43. The molecule has 2 aromatic rings. The summed E-state index contributed by atoms with van der Waals surface area (Å²) in [6.07, 6.45) is 5.86. The first-order chi connectivity index (χ1) is 10.6. The Kier molecular flexibility index (Phi) is 4.02. The standard InChI is InChI=1S/C22H24/c1-17(2)18-14-15-21(16-18)22(3,19-10-6-4-7-11-19)20-12-8-5-9-13-20/h4-14,16-17H,15H2,1-3H3.